The molecule has 1 aromatic heterocycles. The van der Waals surface area contributed by atoms with E-state index in [0.29, 0.717) is 17.0 Å². The number of aromatic nitrogens is 1. The Morgan fingerprint density at radius 2 is 2.19 bits per heavy atom. The lowest BCUT2D eigenvalue weighted by atomic mass is 10.2. The van der Waals surface area contributed by atoms with E-state index in [9.17, 15) is 9.18 Å². The van der Waals surface area contributed by atoms with Crippen LogP contribution in [-0.4, -0.2) is 18.1 Å². The minimum Gasteiger partial charge on any atom is -0.481 e. The summed E-state index contributed by atoms with van der Waals surface area (Å²) in [7, 11) is 1.50. The summed E-state index contributed by atoms with van der Waals surface area (Å²) < 4.78 is 23.1. The molecule has 2 aromatic rings. The number of methoxy groups -OCH3 is 1. The molecule has 1 aromatic carbocycles. The van der Waals surface area contributed by atoms with E-state index in [0.717, 1.165) is 0 Å². The van der Waals surface area contributed by atoms with E-state index in [4.69, 9.17) is 9.47 Å². The van der Waals surface area contributed by atoms with Gasteiger partial charge in [0, 0.05) is 12.3 Å². The number of carbonyl (C=O) groups excluding carboxylic acids is 1. The lowest BCUT2D eigenvalue weighted by Crippen LogP contribution is -2.03. The maximum atomic E-state index is 13.0. The van der Waals surface area contributed by atoms with Crippen LogP contribution < -0.4 is 4.74 Å². The summed E-state index contributed by atoms with van der Waals surface area (Å²) in [6.45, 7) is 0.0589. The number of benzene rings is 1. The van der Waals surface area contributed by atoms with Gasteiger partial charge in [-0.15, -0.1) is 0 Å². The topological polar surface area (TPSA) is 48.4 Å². The van der Waals surface area contributed by atoms with Crippen LogP contribution in [0.2, 0.25) is 0 Å². The van der Waals surface area contributed by atoms with E-state index < -0.39 is 5.97 Å². The summed E-state index contributed by atoms with van der Waals surface area (Å²) in [5.74, 6) is -0.463. The summed E-state index contributed by atoms with van der Waals surface area (Å²) in [6, 6.07) is 9.42. The molecule has 0 unspecified atom stereocenters. The number of nitrogens with zero attached hydrogens (tertiary/aromatic N) is 1. The van der Waals surface area contributed by atoms with Crippen molar-refractivity contribution in [3.63, 3.8) is 0 Å². The Labute approximate surface area is 121 Å². The molecule has 0 aliphatic carbocycles. The van der Waals surface area contributed by atoms with Gasteiger partial charge in [0.2, 0.25) is 5.88 Å². The van der Waals surface area contributed by atoms with Crippen molar-refractivity contribution in [1.82, 2.24) is 4.98 Å². The molecule has 21 heavy (non-hydrogen) atoms. The highest BCUT2D eigenvalue weighted by molar-refractivity contribution is 5.87. The van der Waals surface area contributed by atoms with Crippen molar-refractivity contribution in [3.8, 4) is 5.88 Å². The molecule has 0 N–H and O–H groups in total. The molecule has 0 spiro atoms. The van der Waals surface area contributed by atoms with Gasteiger partial charge in [0.25, 0.3) is 0 Å². The molecule has 108 valence electrons. The normalized spacial score (nSPS) is 10.6. The zero-order chi connectivity index (χ0) is 15.1. The smallest absolute Gasteiger partial charge is 0.331 e. The van der Waals surface area contributed by atoms with E-state index in [1.807, 2.05) is 0 Å². The third-order valence-corrected chi connectivity index (χ3v) is 2.67. The van der Waals surface area contributed by atoms with Crippen LogP contribution in [0.25, 0.3) is 6.08 Å². The van der Waals surface area contributed by atoms with Gasteiger partial charge in [-0.25, -0.2) is 14.2 Å². The van der Waals surface area contributed by atoms with Crippen molar-refractivity contribution in [1.29, 1.82) is 0 Å². The van der Waals surface area contributed by atoms with Gasteiger partial charge in [-0.2, -0.15) is 0 Å². The number of pyridine rings is 1. The van der Waals surface area contributed by atoms with Crippen LogP contribution in [0.4, 0.5) is 4.39 Å². The molecular formula is C16H14FNO3. The standard InChI is InChI=1S/C16H14FNO3/c1-20-16-13(5-3-9-18-16)11-21-15(19)8-7-12-4-2-6-14(17)10-12/h2-10H,11H2,1H3. The SMILES string of the molecule is COc1ncccc1COC(=O)C=Cc1cccc(F)c1. The molecule has 0 atom stereocenters. The minimum atomic E-state index is -0.523. The molecule has 5 heteroatoms. The first-order chi connectivity index (χ1) is 10.2. The number of esters is 1. The van der Waals surface area contributed by atoms with Crippen LogP contribution in [0, 0.1) is 5.82 Å². The van der Waals surface area contributed by atoms with Crippen LogP contribution in [-0.2, 0) is 16.1 Å². The second-order valence-corrected chi connectivity index (χ2v) is 4.17. The van der Waals surface area contributed by atoms with Crippen molar-refractivity contribution in [2.75, 3.05) is 7.11 Å². The molecule has 0 amide bonds. The molecular weight excluding hydrogens is 273 g/mol. The van der Waals surface area contributed by atoms with Crippen molar-refractivity contribution in [2.24, 2.45) is 0 Å². The lowest BCUT2D eigenvalue weighted by Gasteiger charge is -2.06. The maximum Gasteiger partial charge on any atom is 0.331 e. The maximum absolute atomic E-state index is 13.0. The number of rotatable bonds is 5. The van der Waals surface area contributed by atoms with Gasteiger partial charge in [0.15, 0.2) is 0 Å². The molecule has 0 aliphatic rings. The van der Waals surface area contributed by atoms with Gasteiger partial charge in [-0.1, -0.05) is 12.1 Å². The second kappa shape index (κ2) is 7.19. The molecule has 2 rings (SSSR count). The minimum absolute atomic E-state index is 0.0589. The first-order valence-electron chi connectivity index (χ1n) is 6.27. The van der Waals surface area contributed by atoms with E-state index in [-0.39, 0.29) is 12.4 Å². The van der Waals surface area contributed by atoms with Crippen molar-refractivity contribution in [3.05, 3.63) is 65.6 Å². The van der Waals surface area contributed by atoms with Crippen LogP contribution >= 0.6 is 0 Å². The number of halogens is 1. The molecule has 0 bridgehead atoms. The predicted octanol–water partition coefficient (Wildman–Crippen LogP) is 2.99. The van der Waals surface area contributed by atoms with Gasteiger partial charge in [0.05, 0.1) is 12.7 Å². The average Bonchev–Trinajstić information content (AvgIpc) is 2.51. The number of ether oxygens (including phenoxy) is 2. The summed E-state index contributed by atoms with van der Waals surface area (Å²) in [5.41, 5.74) is 1.26. The molecule has 0 saturated carbocycles. The quantitative estimate of drug-likeness (QED) is 0.626. The summed E-state index contributed by atoms with van der Waals surface area (Å²) in [6.07, 6.45) is 4.33. The van der Waals surface area contributed by atoms with Crippen LogP contribution in [0.1, 0.15) is 11.1 Å². The van der Waals surface area contributed by atoms with Crippen molar-refractivity contribution >= 4 is 12.0 Å². The number of hydrogen-bond donors (Lipinski definition) is 0. The molecule has 0 fully saturated rings. The van der Waals surface area contributed by atoms with Gasteiger partial charge in [0.1, 0.15) is 12.4 Å². The van der Waals surface area contributed by atoms with Gasteiger partial charge >= 0.3 is 5.97 Å². The van der Waals surface area contributed by atoms with Crippen LogP contribution in [0.3, 0.4) is 0 Å². The Hall–Kier alpha value is -2.69. The van der Waals surface area contributed by atoms with Gasteiger partial charge < -0.3 is 9.47 Å². The largest absolute Gasteiger partial charge is 0.481 e. The molecule has 0 aliphatic heterocycles. The highest BCUT2D eigenvalue weighted by Crippen LogP contribution is 2.14. The Bertz CT molecular complexity index is 655. The Morgan fingerprint density at radius 3 is 2.95 bits per heavy atom. The second-order valence-electron chi connectivity index (χ2n) is 4.17. The predicted molar refractivity (Wildman–Crippen MR) is 76.0 cm³/mol. The van der Waals surface area contributed by atoms with Crippen LogP contribution in [0.15, 0.2) is 48.7 Å². The zero-order valence-corrected chi connectivity index (χ0v) is 11.5. The average molecular weight is 287 g/mol. The highest BCUT2D eigenvalue weighted by Gasteiger charge is 2.05. The first-order valence-corrected chi connectivity index (χ1v) is 6.27. The van der Waals surface area contributed by atoms with E-state index in [2.05, 4.69) is 4.98 Å². The van der Waals surface area contributed by atoms with Gasteiger partial charge in [-0.05, 0) is 35.9 Å². The first kappa shape index (κ1) is 14.7. The van der Waals surface area contributed by atoms with Gasteiger partial charge in [-0.3, -0.25) is 0 Å². The third-order valence-electron chi connectivity index (χ3n) is 2.67. The Morgan fingerprint density at radius 1 is 1.33 bits per heavy atom. The molecule has 0 saturated heterocycles. The van der Waals surface area contributed by atoms with Crippen molar-refractivity contribution < 1.29 is 18.7 Å². The number of hydrogen-bond acceptors (Lipinski definition) is 4. The lowest BCUT2D eigenvalue weighted by molar-refractivity contribution is -0.138. The fourth-order valence-electron chi connectivity index (χ4n) is 1.69. The van der Waals surface area contributed by atoms with Crippen molar-refractivity contribution in [2.45, 2.75) is 6.61 Å². The third kappa shape index (κ3) is 4.42. The summed E-state index contributed by atoms with van der Waals surface area (Å²) in [5, 5.41) is 0. The molecule has 4 nitrogen and oxygen atoms in total. The van der Waals surface area contributed by atoms with E-state index in [1.165, 1.54) is 31.4 Å². The van der Waals surface area contributed by atoms with Crippen LogP contribution in [0.5, 0.6) is 5.88 Å². The molecule has 0 radical (unpaired) electrons. The highest BCUT2D eigenvalue weighted by atomic mass is 19.1. The number of carbonyl (C=O) groups is 1. The fraction of sp³-hybridized carbons (Fsp3) is 0.125. The Balaban J connectivity index is 1.93. The summed E-state index contributed by atoms with van der Waals surface area (Å²) >= 11 is 0. The molecule has 1 heterocycles. The Kier molecular flexibility index (Phi) is 5.04. The zero-order valence-electron chi connectivity index (χ0n) is 11.5. The monoisotopic (exact) mass is 287 g/mol. The summed E-state index contributed by atoms with van der Waals surface area (Å²) in [4.78, 5) is 15.6. The van der Waals surface area contributed by atoms with E-state index >= 15 is 0 Å². The van der Waals surface area contributed by atoms with E-state index in [1.54, 1.807) is 30.5 Å². The fourth-order valence-corrected chi connectivity index (χ4v) is 1.69.